The Kier molecular flexibility index (Phi) is 4.98. The summed E-state index contributed by atoms with van der Waals surface area (Å²) >= 11 is 0. The van der Waals surface area contributed by atoms with Crippen LogP contribution >= 0.6 is 0 Å². The molecule has 2 saturated carbocycles. The topological polar surface area (TPSA) is 114 Å². The molecule has 0 bridgehead atoms. The number of aliphatic hydroxyl groups excluding tert-OH is 1. The highest BCUT2D eigenvalue weighted by Gasteiger charge is 2.56. The number of piperidine rings is 1. The summed E-state index contributed by atoms with van der Waals surface area (Å²) in [5, 5.41) is 21.1. The predicted molar refractivity (Wildman–Crippen MR) is 121 cm³/mol. The zero-order valence-electron chi connectivity index (χ0n) is 19.0. The summed E-state index contributed by atoms with van der Waals surface area (Å²) in [5.74, 6) is 0.129. The van der Waals surface area contributed by atoms with Crippen LogP contribution in [0.2, 0.25) is 0 Å². The zero-order chi connectivity index (χ0) is 24.6. The molecule has 0 aromatic carbocycles. The molecule has 6 rings (SSSR count). The molecular formula is C23H25F4N7O. The molecule has 4 heterocycles. The standard InChI is InChI=1S/C23H25F4N7O/c1-9-17(23(25,26)27)11(6-14(28)31-9)19-18(24)21-16(22(32-19)30-4-5-35)20(33-34(21)10-2-3-10)15-12-7-29-8-13(12)15/h6,10,12-13,15,29,35H,2-5,7-8H2,1H3,(H2,28,31)(H,30,32)/t12-,13+,15?. The van der Waals surface area contributed by atoms with Gasteiger partial charge in [0.2, 0.25) is 0 Å². The number of nitrogens with one attached hydrogen (secondary N) is 2. The second-order valence-electron chi connectivity index (χ2n) is 9.62. The molecule has 3 aromatic rings. The molecule has 0 amide bonds. The Bertz CT molecular complexity index is 1320. The van der Waals surface area contributed by atoms with Crippen molar-refractivity contribution in [3.05, 3.63) is 28.8 Å². The second kappa shape index (κ2) is 7.76. The van der Waals surface area contributed by atoms with E-state index in [0.717, 1.165) is 37.7 Å². The first-order valence-corrected chi connectivity index (χ1v) is 11.7. The first-order chi connectivity index (χ1) is 16.7. The number of aryl methyl sites for hydroxylation is 1. The molecule has 1 saturated heterocycles. The summed E-state index contributed by atoms with van der Waals surface area (Å²) in [6.45, 7) is 2.77. The van der Waals surface area contributed by atoms with E-state index in [1.165, 1.54) is 6.92 Å². The highest BCUT2D eigenvalue weighted by molar-refractivity contribution is 5.96. The smallest absolute Gasteiger partial charge is 0.395 e. The summed E-state index contributed by atoms with van der Waals surface area (Å²) in [4.78, 5) is 8.12. The Morgan fingerprint density at radius 1 is 1.23 bits per heavy atom. The number of hydrogen-bond acceptors (Lipinski definition) is 7. The van der Waals surface area contributed by atoms with Crippen molar-refractivity contribution in [2.45, 2.75) is 37.9 Å². The largest absolute Gasteiger partial charge is 0.418 e. The van der Waals surface area contributed by atoms with Crippen LogP contribution in [0, 0.1) is 24.6 Å². The molecule has 0 spiro atoms. The van der Waals surface area contributed by atoms with Crippen LogP contribution in [0.4, 0.5) is 29.2 Å². The van der Waals surface area contributed by atoms with Gasteiger partial charge in [-0.2, -0.15) is 18.3 Å². The van der Waals surface area contributed by atoms with Gasteiger partial charge in [-0.25, -0.2) is 14.4 Å². The van der Waals surface area contributed by atoms with Gasteiger partial charge in [0.1, 0.15) is 22.8 Å². The maximum atomic E-state index is 16.3. The lowest BCUT2D eigenvalue weighted by Crippen LogP contribution is -2.15. The Balaban J connectivity index is 1.64. The highest BCUT2D eigenvalue weighted by Crippen LogP contribution is 2.58. The molecule has 186 valence electrons. The molecule has 12 heteroatoms. The van der Waals surface area contributed by atoms with Crippen molar-refractivity contribution in [1.29, 1.82) is 0 Å². The minimum Gasteiger partial charge on any atom is -0.395 e. The lowest BCUT2D eigenvalue weighted by molar-refractivity contribution is -0.137. The van der Waals surface area contributed by atoms with Gasteiger partial charge >= 0.3 is 6.18 Å². The van der Waals surface area contributed by atoms with E-state index in [4.69, 9.17) is 10.8 Å². The van der Waals surface area contributed by atoms with Gasteiger partial charge in [-0.3, -0.25) is 4.68 Å². The Morgan fingerprint density at radius 2 is 1.94 bits per heavy atom. The summed E-state index contributed by atoms with van der Waals surface area (Å²) in [7, 11) is 0. The fourth-order valence-electron chi connectivity index (χ4n) is 5.59. The van der Waals surface area contributed by atoms with Crippen LogP contribution < -0.4 is 16.4 Å². The summed E-state index contributed by atoms with van der Waals surface area (Å²) in [6.07, 6.45) is -3.15. The summed E-state index contributed by atoms with van der Waals surface area (Å²) < 4.78 is 60.0. The number of nitrogens with two attached hydrogens (primary N) is 1. The molecule has 8 nitrogen and oxygen atoms in total. The van der Waals surface area contributed by atoms with E-state index >= 15 is 4.39 Å². The normalized spacial score (nSPS) is 23.7. The lowest BCUT2D eigenvalue weighted by atomic mass is 10.0. The van der Waals surface area contributed by atoms with Gasteiger partial charge in [0, 0.05) is 18.0 Å². The molecule has 3 fully saturated rings. The number of alkyl halides is 3. The van der Waals surface area contributed by atoms with Crippen LogP contribution in [0.15, 0.2) is 6.07 Å². The van der Waals surface area contributed by atoms with Crippen molar-refractivity contribution in [3.63, 3.8) is 0 Å². The van der Waals surface area contributed by atoms with E-state index in [2.05, 4.69) is 20.6 Å². The maximum absolute atomic E-state index is 16.3. The van der Waals surface area contributed by atoms with Crippen molar-refractivity contribution in [3.8, 4) is 11.3 Å². The molecule has 3 aliphatic rings. The monoisotopic (exact) mass is 491 g/mol. The third-order valence-electron chi connectivity index (χ3n) is 7.28. The maximum Gasteiger partial charge on any atom is 0.418 e. The predicted octanol–water partition coefficient (Wildman–Crippen LogP) is 3.21. The number of fused-ring (bicyclic) bond motifs is 2. The molecule has 3 aromatic heterocycles. The minimum atomic E-state index is -4.79. The molecular weight excluding hydrogens is 466 g/mol. The second-order valence-corrected chi connectivity index (χ2v) is 9.62. The number of halogens is 4. The van der Waals surface area contributed by atoms with Gasteiger partial charge in [-0.05, 0) is 50.8 Å². The van der Waals surface area contributed by atoms with Crippen molar-refractivity contribution in [2.24, 2.45) is 11.8 Å². The Hall–Kier alpha value is -2.99. The third-order valence-corrected chi connectivity index (χ3v) is 7.28. The van der Waals surface area contributed by atoms with E-state index in [1.54, 1.807) is 4.68 Å². The van der Waals surface area contributed by atoms with Crippen LogP contribution in [0.3, 0.4) is 0 Å². The van der Waals surface area contributed by atoms with Crippen LogP contribution in [0.25, 0.3) is 22.2 Å². The average Bonchev–Trinajstić information content (AvgIpc) is 3.66. The van der Waals surface area contributed by atoms with E-state index < -0.39 is 28.8 Å². The minimum absolute atomic E-state index is 0.00950. The van der Waals surface area contributed by atoms with Crippen LogP contribution in [-0.4, -0.2) is 51.1 Å². The first kappa shape index (κ1) is 22.5. The molecule has 3 atom stereocenters. The SMILES string of the molecule is Cc1nc(N)cc(-c2nc(NCCO)c3c(C4[C@H]5CNC[C@@H]45)nn(C4CC4)c3c2F)c1C(F)(F)F. The number of pyridine rings is 2. The fourth-order valence-corrected chi connectivity index (χ4v) is 5.59. The zero-order valence-corrected chi connectivity index (χ0v) is 19.0. The average molecular weight is 491 g/mol. The van der Waals surface area contributed by atoms with E-state index in [9.17, 15) is 18.3 Å². The number of nitrogens with zero attached hydrogens (tertiary/aromatic N) is 4. The Labute approximate surface area is 197 Å². The molecule has 5 N–H and O–H groups in total. The number of aliphatic hydroxyl groups is 1. The van der Waals surface area contributed by atoms with Crippen molar-refractivity contribution < 1.29 is 22.7 Å². The van der Waals surface area contributed by atoms with Gasteiger partial charge in [-0.1, -0.05) is 0 Å². The number of rotatable bonds is 6. The van der Waals surface area contributed by atoms with Crippen molar-refractivity contribution in [2.75, 3.05) is 37.3 Å². The molecule has 0 radical (unpaired) electrons. The fraction of sp³-hybridized carbons (Fsp3) is 0.522. The van der Waals surface area contributed by atoms with E-state index in [-0.39, 0.29) is 48.0 Å². The van der Waals surface area contributed by atoms with Crippen molar-refractivity contribution >= 4 is 22.5 Å². The highest BCUT2D eigenvalue weighted by atomic mass is 19.4. The quantitative estimate of drug-likeness (QED) is 0.392. The van der Waals surface area contributed by atoms with Gasteiger partial charge < -0.3 is 21.5 Å². The van der Waals surface area contributed by atoms with Gasteiger partial charge in [-0.15, -0.1) is 0 Å². The van der Waals surface area contributed by atoms with Crippen LogP contribution in [0.5, 0.6) is 0 Å². The molecule has 2 aliphatic carbocycles. The van der Waals surface area contributed by atoms with E-state index in [0.29, 0.717) is 17.2 Å². The third kappa shape index (κ3) is 3.53. The van der Waals surface area contributed by atoms with Crippen LogP contribution in [0.1, 0.15) is 41.8 Å². The lowest BCUT2D eigenvalue weighted by Gasteiger charge is -2.18. The molecule has 1 aliphatic heterocycles. The summed E-state index contributed by atoms with van der Waals surface area (Å²) in [6, 6.07) is 1.00. The number of aromatic nitrogens is 4. The first-order valence-electron chi connectivity index (χ1n) is 11.7. The number of anilines is 2. The van der Waals surface area contributed by atoms with Gasteiger partial charge in [0.25, 0.3) is 0 Å². The van der Waals surface area contributed by atoms with Crippen molar-refractivity contribution in [1.82, 2.24) is 25.1 Å². The summed E-state index contributed by atoms with van der Waals surface area (Å²) in [5.41, 5.74) is 4.29. The number of hydrogen-bond donors (Lipinski definition) is 4. The van der Waals surface area contributed by atoms with Gasteiger partial charge in [0.15, 0.2) is 5.82 Å². The Morgan fingerprint density at radius 3 is 2.57 bits per heavy atom. The number of nitrogen functional groups attached to an aromatic ring is 1. The van der Waals surface area contributed by atoms with E-state index in [1.807, 2.05) is 0 Å². The van der Waals surface area contributed by atoms with Crippen LogP contribution in [-0.2, 0) is 6.18 Å². The molecule has 1 unspecified atom stereocenters. The molecule has 35 heavy (non-hydrogen) atoms. The van der Waals surface area contributed by atoms with Gasteiger partial charge in [0.05, 0.1) is 35.0 Å².